The topological polar surface area (TPSA) is 168 Å². The number of aryl methyl sites for hydroxylation is 2. The summed E-state index contributed by atoms with van der Waals surface area (Å²) in [6.45, 7) is 3.03. The smallest absolute Gasteiger partial charge is 0.199 e. The van der Waals surface area contributed by atoms with Gasteiger partial charge in [0.25, 0.3) is 0 Å². The first-order valence-electron chi connectivity index (χ1n) is 12.6. The lowest BCUT2D eigenvalue weighted by molar-refractivity contribution is 0.0975. The fourth-order valence-corrected chi connectivity index (χ4v) is 5.72. The van der Waals surface area contributed by atoms with Crippen LogP contribution in [0.4, 0.5) is 0 Å². The third-order valence-corrected chi connectivity index (χ3v) is 7.78. The number of hydrogen-bond donors (Lipinski definition) is 4. The third-order valence-electron chi connectivity index (χ3n) is 7.78. The summed E-state index contributed by atoms with van der Waals surface area (Å²) in [4.78, 5) is 55.5. The van der Waals surface area contributed by atoms with Gasteiger partial charge in [-0.1, -0.05) is 0 Å². The molecule has 0 amide bonds. The van der Waals surface area contributed by atoms with E-state index in [-0.39, 0.29) is 72.9 Å². The standard InChI is InChI=1S/C32H22O10/c1-11-5-14-15(9-18(11)33)30(38)24-20(35)10-21(42-4)25(27(24)31(14)39)26-23-16(6-12(2)28(26)36)29(37)17-7-13(41-3)8-19(34)22(17)32(23)40/h5-10,33-36H,1-4H3. The van der Waals surface area contributed by atoms with Crippen molar-refractivity contribution in [3.63, 3.8) is 0 Å². The van der Waals surface area contributed by atoms with Gasteiger partial charge in [0.2, 0.25) is 0 Å². The molecular weight excluding hydrogens is 544 g/mol. The Kier molecular flexibility index (Phi) is 5.65. The number of fused-ring (bicyclic) bond motifs is 4. The number of hydrogen-bond acceptors (Lipinski definition) is 10. The zero-order valence-electron chi connectivity index (χ0n) is 22.7. The van der Waals surface area contributed by atoms with Gasteiger partial charge in [-0.25, -0.2) is 0 Å². The van der Waals surface area contributed by atoms with Gasteiger partial charge in [0.15, 0.2) is 23.1 Å². The second kappa shape index (κ2) is 8.93. The zero-order valence-corrected chi connectivity index (χ0v) is 22.7. The van der Waals surface area contributed by atoms with E-state index >= 15 is 0 Å². The molecule has 4 aromatic rings. The van der Waals surface area contributed by atoms with E-state index in [1.54, 1.807) is 6.92 Å². The minimum absolute atomic E-state index is 0.0739. The monoisotopic (exact) mass is 566 g/mol. The summed E-state index contributed by atoms with van der Waals surface area (Å²) in [5.41, 5.74) is -1.89. The lowest BCUT2D eigenvalue weighted by atomic mass is 9.74. The summed E-state index contributed by atoms with van der Waals surface area (Å²) in [6, 6.07) is 7.34. The quantitative estimate of drug-likeness (QED) is 0.242. The predicted octanol–water partition coefficient (Wildman–Crippen LogP) is 4.36. The van der Waals surface area contributed by atoms with Crippen LogP contribution in [0.15, 0.2) is 36.4 Å². The number of phenols is 4. The molecular formula is C32H22O10. The van der Waals surface area contributed by atoms with Gasteiger partial charge in [0, 0.05) is 56.6 Å². The molecule has 0 atom stereocenters. The molecule has 4 aromatic carbocycles. The van der Waals surface area contributed by atoms with Crippen molar-refractivity contribution in [1.82, 2.24) is 0 Å². The van der Waals surface area contributed by atoms with Gasteiger partial charge in [0.1, 0.15) is 34.5 Å². The number of ketones is 4. The number of aromatic hydroxyl groups is 4. The molecule has 6 rings (SSSR count). The molecule has 0 fully saturated rings. The fourth-order valence-electron chi connectivity index (χ4n) is 5.72. The molecule has 0 unspecified atom stereocenters. The molecule has 0 radical (unpaired) electrons. The maximum atomic E-state index is 14.1. The second-order valence-electron chi connectivity index (χ2n) is 10.1. The van der Waals surface area contributed by atoms with Gasteiger partial charge < -0.3 is 29.9 Å². The minimum Gasteiger partial charge on any atom is -0.508 e. The van der Waals surface area contributed by atoms with Gasteiger partial charge in [-0.2, -0.15) is 0 Å². The lowest BCUT2D eigenvalue weighted by Crippen LogP contribution is -2.25. The van der Waals surface area contributed by atoms with Crippen LogP contribution in [0, 0.1) is 13.8 Å². The first-order valence-corrected chi connectivity index (χ1v) is 12.6. The molecule has 0 bridgehead atoms. The van der Waals surface area contributed by atoms with E-state index in [1.165, 1.54) is 45.4 Å². The molecule has 0 saturated carbocycles. The Hall–Kier alpha value is -5.64. The van der Waals surface area contributed by atoms with E-state index < -0.39 is 45.9 Å². The molecule has 42 heavy (non-hydrogen) atoms. The minimum atomic E-state index is -0.829. The van der Waals surface area contributed by atoms with Crippen molar-refractivity contribution >= 4 is 23.1 Å². The van der Waals surface area contributed by atoms with E-state index in [1.807, 2.05) is 0 Å². The maximum Gasteiger partial charge on any atom is 0.199 e. The largest absolute Gasteiger partial charge is 0.508 e. The second-order valence-corrected chi connectivity index (χ2v) is 10.1. The van der Waals surface area contributed by atoms with Crippen molar-refractivity contribution in [1.29, 1.82) is 0 Å². The summed E-state index contributed by atoms with van der Waals surface area (Å²) in [7, 11) is 2.57. The highest BCUT2D eigenvalue weighted by Gasteiger charge is 2.42. The molecule has 10 nitrogen and oxygen atoms in total. The predicted molar refractivity (Wildman–Crippen MR) is 148 cm³/mol. The van der Waals surface area contributed by atoms with E-state index in [9.17, 15) is 39.6 Å². The SMILES string of the molecule is COc1cc(O)c2c(c1)C(=O)c1cc(C)c(O)c(-c3c(OC)cc(O)c4c3C(=O)c3cc(C)c(O)cc3C4=O)c1C2=O. The van der Waals surface area contributed by atoms with E-state index in [0.29, 0.717) is 5.56 Å². The number of benzene rings is 4. The first kappa shape index (κ1) is 26.6. The van der Waals surface area contributed by atoms with Crippen molar-refractivity contribution < 1.29 is 49.1 Å². The van der Waals surface area contributed by atoms with Crippen LogP contribution in [0.1, 0.15) is 74.8 Å². The highest BCUT2D eigenvalue weighted by atomic mass is 16.5. The number of carbonyl (C=O) groups is 4. The van der Waals surface area contributed by atoms with Crippen molar-refractivity contribution in [3.8, 4) is 45.6 Å². The van der Waals surface area contributed by atoms with Crippen LogP contribution in [0.3, 0.4) is 0 Å². The zero-order chi connectivity index (χ0) is 30.4. The summed E-state index contributed by atoms with van der Waals surface area (Å²) in [6.07, 6.45) is 0. The van der Waals surface area contributed by atoms with Crippen molar-refractivity contribution in [2.24, 2.45) is 0 Å². The molecule has 4 N–H and O–H groups in total. The Labute approximate surface area is 238 Å². The number of methoxy groups -OCH3 is 2. The Morgan fingerprint density at radius 3 is 1.74 bits per heavy atom. The van der Waals surface area contributed by atoms with Crippen LogP contribution in [0.2, 0.25) is 0 Å². The molecule has 0 heterocycles. The molecule has 0 aliphatic heterocycles. The van der Waals surface area contributed by atoms with Crippen LogP contribution in [-0.2, 0) is 0 Å². The Balaban J connectivity index is 1.75. The Morgan fingerprint density at radius 1 is 0.476 bits per heavy atom. The molecule has 2 aliphatic rings. The molecule has 10 heteroatoms. The fraction of sp³-hybridized carbons (Fsp3) is 0.125. The molecule has 0 aromatic heterocycles. The van der Waals surface area contributed by atoms with Crippen LogP contribution in [-0.4, -0.2) is 57.8 Å². The van der Waals surface area contributed by atoms with Crippen LogP contribution >= 0.6 is 0 Å². The third kappa shape index (κ3) is 3.38. The van der Waals surface area contributed by atoms with Gasteiger partial charge in [0.05, 0.1) is 25.3 Å². The summed E-state index contributed by atoms with van der Waals surface area (Å²) < 4.78 is 10.6. The normalized spacial score (nSPS) is 13.3. The van der Waals surface area contributed by atoms with Gasteiger partial charge >= 0.3 is 0 Å². The molecule has 0 spiro atoms. The molecule has 0 saturated heterocycles. The van der Waals surface area contributed by atoms with Crippen LogP contribution < -0.4 is 9.47 Å². The maximum absolute atomic E-state index is 14.1. The Morgan fingerprint density at radius 2 is 1.07 bits per heavy atom. The first-order chi connectivity index (χ1) is 19.9. The summed E-state index contributed by atoms with van der Waals surface area (Å²) >= 11 is 0. The lowest BCUT2D eigenvalue weighted by Gasteiger charge is -2.27. The van der Waals surface area contributed by atoms with Crippen molar-refractivity contribution in [2.45, 2.75) is 13.8 Å². The van der Waals surface area contributed by atoms with E-state index in [0.717, 1.165) is 12.1 Å². The van der Waals surface area contributed by atoms with Crippen LogP contribution in [0.5, 0.6) is 34.5 Å². The van der Waals surface area contributed by atoms with Gasteiger partial charge in [-0.05, 0) is 49.2 Å². The highest BCUT2D eigenvalue weighted by Crippen LogP contribution is 2.51. The number of rotatable bonds is 3. The highest BCUT2D eigenvalue weighted by molar-refractivity contribution is 6.35. The Bertz CT molecular complexity index is 1980. The van der Waals surface area contributed by atoms with Gasteiger partial charge in [-0.3, -0.25) is 19.2 Å². The van der Waals surface area contributed by atoms with E-state index in [4.69, 9.17) is 9.47 Å². The summed E-state index contributed by atoms with van der Waals surface area (Å²) in [5, 5.41) is 43.3. The number of ether oxygens (including phenoxy) is 2. The van der Waals surface area contributed by atoms with Crippen molar-refractivity contribution in [3.05, 3.63) is 92.0 Å². The van der Waals surface area contributed by atoms with E-state index in [2.05, 4.69) is 0 Å². The van der Waals surface area contributed by atoms with Crippen molar-refractivity contribution in [2.75, 3.05) is 14.2 Å². The number of carbonyl (C=O) groups excluding carboxylic acids is 4. The van der Waals surface area contributed by atoms with Gasteiger partial charge in [-0.15, -0.1) is 0 Å². The average Bonchev–Trinajstić information content (AvgIpc) is 2.95. The average molecular weight is 567 g/mol. The molecule has 2 aliphatic carbocycles. The number of phenolic OH excluding ortho intramolecular Hbond substituents is 4. The molecule has 210 valence electrons. The summed E-state index contributed by atoms with van der Waals surface area (Å²) in [5.74, 6) is -4.87. The van der Waals surface area contributed by atoms with Crippen LogP contribution in [0.25, 0.3) is 11.1 Å².